The Morgan fingerprint density at radius 2 is 1.62 bits per heavy atom. The van der Waals surface area contributed by atoms with Crippen LogP contribution in [0.1, 0.15) is 52.6 Å². The molecule has 210 valence electrons. The summed E-state index contributed by atoms with van der Waals surface area (Å²) in [4.78, 5) is 7.28. The van der Waals surface area contributed by atoms with Gasteiger partial charge in [-0.1, -0.05) is 66.7 Å². The Labute approximate surface area is 247 Å². The van der Waals surface area contributed by atoms with E-state index in [0.717, 1.165) is 53.0 Å². The van der Waals surface area contributed by atoms with Crippen molar-refractivity contribution in [3.63, 3.8) is 0 Å². The number of halogens is 1. The molecule has 7 rings (SSSR count). The van der Waals surface area contributed by atoms with Crippen molar-refractivity contribution in [3.8, 4) is 22.9 Å². The lowest BCUT2D eigenvalue weighted by Gasteiger charge is -2.39. The first-order valence-corrected chi connectivity index (χ1v) is 14.9. The number of hydrogen-bond donors (Lipinski definition) is 0. The fourth-order valence-corrected chi connectivity index (χ4v) is 7.07. The van der Waals surface area contributed by atoms with Crippen molar-refractivity contribution in [1.29, 1.82) is 5.26 Å². The van der Waals surface area contributed by atoms with Crippen LogP contribution in [0.2, 0.25) is 0 Å². The minimum Gasteiger partial charge on any atom is -0.488 e. The zero-order valence-electron chi connectivity index (χ0n) is 23.9. The molecule has 1 atom stereocenters. The van der Waals surface area contributed by atoms with Crippen LogP contribution >= 0.6 is 0 Å². The molecule has 4 aromatic carbocycles. The van der Waals surface area contributed by atoms with Crippen molar-refractivity contribution >= 4 is 5.71 Å². The van der Waals surface area contributed by atoms with Gasteiger partial charge in [-0.15, -0.1) is 0 Å². The van der Waals surface area contributed by atoms with Gasteiger partial charge in [0.2, 0.25) is 0 Å². The summed E-state index contributed by atoms with van der Waals surface area (Å²) < 4.78 is 22.0. The molecule has 2 heterocycles. The fraction of sp³-hybridized carbons (Fsp3) is 0.297. The Morgan fingerprint density at radius 3 is 2.29 bits per heavy atom. The number of hydrogen-bond acceptors (Lipinski definition) is 4. The van der Waals surface area contributed by atoms with Crippen molar-refractivity contribution in [1.82, 2.24) is 4.90 Å². The van der Waals surface area contributed by atoms with Gasteiger partial charge < -0.3 is 9.64 Å². The fourth-order valence-electron chi connectivity index (χ4n) is 7.07. The zero-order valence-corrected chi connectivity index (χ0v) is 23.9. The largest absolute Gasteiger partial charge is 0.488 e. The van der Waals surface area contributed by atoms with Crippen LogP contribution in [0.3, 0.4) is 0 Å². The predicted molar refractivity (Wildman–Crippen MR) is 165 cm³/mol. The number of nitriles is 1. The van der Waals surface area contributed by atoms with Crippen LogP contribution < -0.4 is 4.74 Å². The lowest BCUT2D eigenvalue weighted by molar-refractivity contribution is 0.187. The second kappa shape index (κ2) is 10.9. The molecule has 1 aliphatic carbocycles. The van der Waals surface area contributed by atoms with Crippen LogP contribution in [0.5, 0.6) is 5.75 Å². The van der Waals surface area contributed by atoms with E-state index in [0.29, 0.717) is 17.9 Å². The summed E-state index contributed by atoms with van der Waals surface area (Å²) in [6, 6.07) is 29.3. The van der Waals surface area contributed by atoms with Gasteiger partial charge in [-0.05, 0) is 97.3 Å². The number of rotatable bonds is 5. The maximum atomic E-state index is 15.8. The molecule has 4 nitrogen and oxygen atoms in total. The molecule has 1 spiro atoms. The Hall–Kier alpha value is -4.27. The molecule has 42 heavy (non-hydrogen) atoms. The van der Waals surface area contributed by atoms with Crippen LogP contribution in [0.4, 0.5) is 4.39 Å². The van der Waals surface area contributed by atoms with E-state index in [2.05, 4.69) is 30.1 Å². The van der Waals surface area contributed by atoms with E-state index < -0.39 is 6.04 Å². The maximum Gasteiger partial charge on any atom is 0.141 e. The van der Waals surface area contributed by atoms with Gasteiger partial charge in [0.15, 0.2) is 0 Å². The van der Waals surface area contributed by atoms with Gasteiger partial charge in [0.1, 0.15) is 24.2 Å². The van der Waals surface area contributed by atoms with E-state index in [9.17, 15) is 5.26 Å². The van der Waals surface area contributed by atoms with Crippen LogP contribution in [-0.2, 0) is 24.9 Å². The molecule has 1 unspecified atom stereocenters. The molecule has 1 saturated heterocycles. The molecule has 4 aromatic rings. The normalized spacial score (nSPS) is 17.4. The smallest absolute Gasteiger partial charge is 0.141 e. The third-order valence-electron chi connectivity index (χ3n) is 9.48. The SMILES string of the molecule is CN1CCC2(CCc3cc4c(cc32)-c2cc(F)c(CC(C#N)N=C(c3ccccc3)c3ccccc3)cc2OC4)CC1. The van der Waals surface area contributed by atoms with Crippen molar-refractivity contribution < 1.29 is 9.13 Å². The molecule has 0 radical (unpaired) electrons. The van der Waals surface area contributed by atoms with E-state index >= 15 is 4.39 Å². The minimum atomic E-state index is -0.753. The highest BCUT2D eigenvalue weighted by Gasteiger charge is 2.41. The number of piperidine rings is 1. The highest BCUT2D eigenvalue weighted by atomic mass is 19.1. The van der Waals surface area contributed by atoms with Gasteiger partial charge in [-0.3, -0.25) is 4.99 Å². The number of aliphatic imine (C=N–C) groups is 1. The summed E-state index contributed by atoms with van der Waals surface area (Å²) in [7, 11) is 2.20. The summed E-state index contributed by atoms with van der Waals surface area (Å²) in [6.45, 7) is 2.71. The monoisotopic (exact) mass is 555 g/mol. The Bertz CT molecular complexity index is 1660. The third-order valence-corrected chi connectivity index (χ3v) is 9.48. The number of aryl methyl sites for hydroxylation is 1. The van der Waals surface area contributed by atoms with Crippen LogP contribution in [0, 0.1) is 17.1 Å². The molecule has 0 amide bonds. The van der Waals surface area contributed by atoms with Gasteiger partial charge in [-0.2, -0.15) is 5.26 Å². The van der Waals surface area contributed by atoms with E-state index in [1.54, 1.807) is 12.1 Å². The molecule has 2 aliphatic heterocycles. The average molecular weight is 556 g/mol. The summed E-state index contributed by atoms with van der Waals surface area (Å²) in [5.41, 5.74) is 9.17. The highest BCUT2D eigenvalue weighted by molar-refractivity contribution is 6.13. The van der Waals surface area contributed by atoms with Crippen LogP contribution in [0.15, 0.2) is 89.9 Å². The van der Waals surface area contributed by atoms with Gasteiger partial charge >= 0.3 is 0 Å². The Kier molecular flexibility index (Phi) is 6.88. The number of benzene rings is 4. The topological polar surface area (TPSA) is 48.6 Å². The Morgan fingerprint density at radius 1 is 0.929 bits per heavy atom. The van der Waals surface area contributed by atoms with Crippen molar-refractivity contribution in [3.05, 3.63) is 124 Å². The predicted octanol–water partition coefficient (Wildman–Crippen LogP) is 7.27. The molecule has 0 aromatic heterocycles. The average Bonchev–Trinajstić information content (AvgIpc) is 3.37. The van der Waals surface area contributed by atoms with Gasteiger partial charge in [0.25, 0.3) is 0 Å². The van der Waals surface area contributed by atoms with E-state index in [1.165, 1.54) is 30.4 Å². The van der Waals surface area contributed by atoms with Crippen molar-refractivity contribution in [2.24, 2.45) is 4.99 Å². The summed E-state index contributed by atoms with van der Waals surface area (Å²) in [5, 5.41) is 10.1. The molecule has 5 heteroatoms. The third kappa shape index (κ3) is 4.80. The lowest BCUT2D eigenvalue weighted by atomic mass is 9.73. The number of fused-ring (bicyclic) bond motifs is 5. The first kappa shape index (κ1) is 26.6. The van der Waals surface area contributed by atoms with Crippen LogP contribution in [0.25, 0.3) is 11.1 Å². The molecular weight excluding hydrogens is 521 g/mol. The molecule has 3 aliphatic rings. The Balaban J connectivity index is 1.22. The van der Waals surface area contributed by atoms with E-state index in [4.69, 9.17) is 9.73 Å². The second-order valence-corrected chi connectivity index (χ2v) is 12.0. The zero-order chi connectivity index (χ0) is 28.7. The number of likely N-dealkylation sites (tertiary alicyclic amines) is 1. The molecule has 0 bridgehead atoms. The molecule has 1 fully saturated rings. The quantitative estimate of drug-likeness (QED) is 0.244. The lowest BCUT2D eigenvalue weighted by Crippen LogP contribution is -2.39. The molecule has 0 N–H and O–H groups in total. The van der Waals surface area contributed by atoms with E-state index in [-0.39, 0.29) is 17.7 Å². The highest BCUT2D eigenvalue weighted by Crippen LogP contribution is 2.50. The minimum absolute atomic E-state index is 0.163. The van der Waals surface area contributed by atoms with Crippen molar-refractivity contribution in [2.45, 2.75) is 50.2 Å². The first-order valence-electron chi connectivity index (χ1n) is 14.9. The second-order valence-electron chi connectivity index (χ2n) is 12.0. The number of ether oxygens (including phenoxy) is 1. The van der Waals surface area contributed by atoms with Crippen LogP contribution in [-0.4, -0.2) is 36.8 Å². The maximum absolute atomic E-state index is 15.8. The molecule has 0 saturated carbocycles. The molecular formula is C37H34FN3O. The summed E-state index contributed by atoms with van der Waals surface area (Å²) in [5.74, 6) is 0.359. The van der Waals surface area contributed by atoms with Gasteiger partial charge in [0, 0.05) is 23.1 Å². The standard InChI is InChI=1S/C37H34FN3O/c1-41-16-14-37(15-17-41)13-12-27-18-29-24-42-35-20-28(34(38)22-32(35)31(29)21-33(27)37)19-30(23-39)40-36(25-8-4-2-5-9-25)26-10-6-3-7-11-26/h2-11,18,20-22,30H,12-17,19,24H2,1H3. The van der Waals surface area contributed by atoms with E-state index in [1.807, 2.05) is 60.7 Å². The van der Waals surface area contributed by atoms with Crippen molar-refractivity contribution in [2.75, 3.05) is 20.1 Å². The van der Waals surface area contributed by atoms with Gasteiger partial charge in [-0.25, -0.2) is 4.39 Å². The first-order chi connectivity index (χ1) is 20.5. The summed E-state index contributed by atoms with van der Waals surface area (Å²) >= 11 is 0. The number of nitrogens with zero attached hydrogens (tertiary/aromatic N) is 3. The van der Waals surface area contributed by atoms with Gasteiger partial charge in [0.05, 0.1) is 11.8 Å². The summed E-state index contributed by atoms with van der Waals surface area (Å²) in [6.07, 6.45) is 4.82.